The molecule has 0 saturated carbocycles. The molecule has 4 aromatic carbocycles. The van der Waals surface area contributed by atoms with E-state index >= 15 is 0 Å². The SMILES string of the molecule is O=C1[C@H](OCc2ccccc2)CO[C@@H]1COC(c1ccccc1)(c1ccccc1)c1ccccc1. The molecule has 0 aliphatic carbocycles. The first kappa shape index (κ1) is 23.2. The summed E-state index contributed by atoms with van der Waals surface area (Å²) in [4.78, 5) is 13.1. The molecule has 0 N–H and O–H groups in total. The molecule has 4 nitrogen and oxygen atoms in total. The van der Waals surface area contributed by atoms with E-state index in [4.69, 9.17) is 14.2 Å². The zero-order chi connectivity index (χ0) is 23.9. The third-order valence-corrected chi connectivity index (χ3v) is 6.37. The predicted octanol–water partition coefficient (Wildman–Crippen LogP) is 5.55. The van der Waals surface area contributed by atoms with Crippen molar-refractivity contribution in [2.75, 3.05) is 13.2 Å². The molecule has 0 aromatic heterocycles. The van der Waals surface area contributed by atoms with Gasteiger partial charge in [-0.1, -0.05) is 121 Å². The summed E-state index contributed by atoms with van der Waals surface area (Å²) < 4.78 is 18.5. The van der Waals surface area contributed by atoms with Crippen LogP contribution in [0.3, 0.4) is 0 Å². The Morgan fingerprint density at radius 1 is 0.686 bits per heavy atom. The molecule has 1 heterocycles. The van der Waals surface area contributed by atoms with Crippen LogP contribution >= 0.6 is 0 Å². The van der Waals surface area contributed by atoms with Gasteiger partial charge in [0.1, 0.15) is 17.8 Å². The first-order valence-corrected chi connectivity index (χ1v) is 11.9. The molecule has 2 atom stereocenters. The van der Waals surface area contributed by atoms with E-state index in [0.717, 1.165) is 22.3 Å². The average molecular weight is 465 g/mol. The van der Waals surface area contributed by atoms with Crippen molar-refractivity contribution in [3.63, 3.8) is 0 Å². The van der Waals surface area contributed by atoms with Crippen LogP contribution in [0.15, 0.2) is 121 Å². The molecule has 1 fully saturated rings. The monoisotopic (exact) mass is 464 g/mol. The smallest absolute Gasteiger partial charge is 0.194 e. The van der Waals surface area contributed by atoms with Gasteiger partial charge in [-0.15, -0.1) is 0 Å². The maximum absolute atomic E-state index is 13.1. The molecule has 176 valence electrons. The van der Waals surface area contributed by atoms with Gasteiger partial charge in [0, 0.05) is 0 Å². The molecule has 35 heavy (non-hydrogen) atoms. The number of ketones is 1. The fourth-order valence-electron chi connectivity index (χ4n) is 4.58. The minimum absolute atomic E-state index is 0.0796. The third kappa shape index (κ3) is 4.96. The largest absolute Gasteiger partial charge is 0.365 e. The number of ether oxygens (including phenoxy) is 3. The van der Waals surface area contributed by atoms with E-state index in [1.807, 2.05) is 84.9 Å². The first-order valence-electron chi connectivity index (χ1n) is 11.9. The van der Waals surface area contributed by atoms with Crippen LogP contribution in [0.2, 0.25) is 0 Å². The summed E-state index contributed by atoms with van der Waals surface area (Å²) in [6.07, 6.45) is -1.28. The fourth-order valence-corrected chi connectivity index (χ4v) is 4.58. The molecule has 0 unspecified atom stereocenters. The van der Waals surface area contributed by atoms with E-state index < -0.39 is 17.8 Å². The van der Waals surface area contributed by atoms with Crippen molar-refractivity contribution in [3.8, 4) is 0 Å². The van der Waals surface area contributed by atoms with Gasteiger partial charge < -0.3 is 14.2 Å². The Morgan fingerprint density at radius 3 is 1.63 bits per heavy atom. The van der Waals surface area contributed by atoms with Crippen LogP contribution in [0.1, 0.15) is 22.3 Å². The zero-order valence-electron chi connectivity index (χ0n) is 19.5. The normalized spacial score (nSPS) is 18.0. The lowest BCUT2D eigenvalue weighted by atomic mass is 9.80. The van der Waals surface area contributed by atoms with Gasteiger partial charge >= 0.3 is 0 Å². The summed E-state index contributed by atoms with van der Waals surface area (Å²) in [5.41, 5.74) is 3.09. The maximum atomic E-state index is 13.1. The van der Waals surface area contributed by atoms with Gasteiger partial charge in [0.25, 0.3) is 0 Å². The van der Waals surface area contributed by atoms with Crippen molar-refractivity contribution >= 4 is 5.78 Å². The molecule has 0 bridgehead atoms. The Kier molecular flexibility index (Phi) is 7.15. The third-order valence-electron chi connectivity index (χ3n) is 6.37. The van der Waals surface area contributed by atoms with Gasteiger partial charge in [0.15, 0.2) is 5.78 Å². The molecule has 1 aliphatic heterocycles. The highest BCUT2D eigenvalue weighted by atomic mass is 16.6. The first-order chi connectivity index (χ1) is 17.3. The quantitative estimate of drug-likeness (QED) is 0.305. The van der Waals surface area contributed by atoms with Crippen LogP contribution in [-0.4, -0.2) is 31.2 Å². The molecular formula is C31H28O4. The Hall–Kier alpha value is -3.57. The number of hydrogen-bond acceptors (Lipinski definition) is 4. The molecule has 0 radical (unpaired) electrons. The summed E-state index contributed by atoms with van der Waals surface area (Å²) in [6, 6.07) is 40.2. The van der Waals surface area contributed by atoms with Gasteiger partial charge in [0.2, 0.25) is 0 Å². The standard InChI is InChI=1S/C31H28O4/c32-30-28(33-21-24-13-5-1-6-14-24)22-34-29(30)23-35-31(25-15-7-2-8-16-25,26-17-9-3-10-18-26)27-19-11-4-12-20-27/h1-20,28-29H,21-23H2/t28-,29-/m1/s1. The van der Waals surface area contributed by atoms with Crippen molar-refractivity contribution in [2.24, 2.45) is 0 Å². The number of carbonyl (C=O) groups is 1. The van der Waals surface area contributed by atoms with Gasteiger partial charge in [0.05, 0.1) is 19.8 Å². The van der Waals surface area contributed by atoms with Crippen LogP contribution in [0, 0.1) is 0 Å². The minimum atomic E-state index is -0.892. The van der Waals surface area contributed by atoms with E-state index in [0.29, 0.717) is 6.61 Å². The Labute approximate surface area is 206 Å². The second-order valence-electron chi connectivity index (χ2n) is 8.60. The highest BCUT2D eigenvalue weighted by Crippen LogP contribution is 2.40. The lowest BCUT2D eigenvalue weighted by Gasteiger charge is -2.36. The van der Waals surface area contributed by atoms with Crippen molar-refractivity contribution < 1.29 is 19.0 Å². The van der Waals surface area contributed by atoms with Crippen molar-refractivity contribution in [1.29, 1.82) is 0 Å². The molecule has 0 spiro atoms. The second kappa shape index (κ2) is 10.8. The number of rotatable bonds is 9. The lowest BCUT2D eigenvalue weighted by molar-refractivity contribution is -0.133. The fraction of sp³-hybridized carbons (Fsp3) is 0.194. The molecule has 5 rings (SSSR count). The second-order valence-corrected chi connectivity index (χ2v) is 8.60. The van der Waals surface area contributed by atoms with Crippen molar-refractivity contribution in [2.45, 2.75) is 24.4 Å². The van der Waals surface area contributed by atoms with Gasteiger partial charge in [-0.2, -0.15) is 0 Å². The maximum Gasteiger partial charge on any atom is 0.194 e. The van der Waals surface area contributed by atoms with E-state index in [-0.39, 0.29) is 19.0 Å². The van der Waals surface area contributed by atoms with E-state index in [2.05, 4.69) is 36.4 Å². The summed E-state index contributed by atoms with van der Waals surface area (Å²) in [7, 11) is 0. The van der Waals surface area contributed by atoms with E-state index in [1.54, 1.807) is 0 Å². The Balaban J connectivity index is 1.40. The van der Waals surface area contributed by atoms with E-state index in [9.17, 15) is 4.79 Å². The molecule has 1 saturated heterocycles. The van der Waals surface area contributed by atoms with Crippen molar-refractivity contribution in [3.05, 3.63) is 144 Å². The Morgan fingerprint density at radius 2 is 1.14 bits per heavy atom. The van der Waals surface area contributed by atoms with Crippen molar-refractivity contribution in [1.82, 2.24) is 0 Å². The Bertz CT molecular complexity index is 1110. The van der Waals surface area contributed by atoms with Gasteiger partial charge in [-0.3, -0.25) is 4.79 Å². The van der Waals surface area contributed by atoms with Crippen LogP contribution < -0.4 is 0 Å². The highest BCUT2D eigenvalue weighted by molar-refractivity contribution is 5.89. The topological polar surface area (TPSA) is 44.8 Å². The summed E-state index contributed by atoms with van der Waals surface area (Å²) in [5, 5.41) is 0. The van der Waals surface area contributed by atoms with Crippen LogP contribution in [-0.2, 0) is 31.2 Å². The summed E-state index contributed by atoms with van der Waals surface area (Å²) in [6.45, 7) is 0.716. The molecule has 1 aliphatic rings. The molecular weight excluding hydrogens is 436 g/mol. The predicted molar refractivity (Wildman–Crippen MR) is 135 cm³/mol. The average Bonchev–Trinajstić information content (AvgIpc) is 3.29. The molecule has 4 heteroatoms. The highest BCUT2D eigenvalue weighted by Gasteiger charge is 2.42. The zero-order valence-corrected chi connectivity index (χ0v) is 19.5. The minimum Gasteiger partial charge on any atom is -0.365 e. The van der Waals surface area contributed by atoms with Crippen LogP contribution in [0.25, 0.3) is 0 Å². The number of benzene rings is 4. The van der Waals surface area contributed by atoms with E-state index in [1.165, 1.54) is 0 Å². The summed E-state index contributed by atoms with van der Waals surface area (Å²) in [5.74, 6) is -0.0796. The molecule has 4 aromatic rings. The number of hydrogen-bond donors (Lipinski definition) is 0. The van der Waals surface area contributed by atoms with Crippen LogP contribution in [0.5, 0.6) is 0 Å². The number of Topliss-reactive ketones (excluding diaryl/α,β-unsaturated/α-hetero) is 1. The van der Waals surface area contributed by atoms with Gasteiger partial charge in [-0.25, -0.2) is 0 Å². The number of carbonyl (C=O) groups excluding carboxylic acids is 1. The molecule has 0 amide bonds. The lowest BCUT2D eigenvalue weighted by Crippen LogP contribution is -2.38. The van der Waals surface area contributed by atoms with Gasteiger partial charge in [-0.05, 0) is 22.3 Å². The summed E-state index contributed by atoms with van der Waals surface area (Å²) >= 11 is 0. The van der Waals surface area contributed by atoms with Crippen LogP contribution in [0.4, 0.5) is 0 Å².